The number of halogens is 1. The van der Waals surface area contributed by atoms with Gasteiger partial charge in [0.2, 0.25) is 5.91 Å². The van der Waals surface area contributed by atoms with E-state index in [4.69, 9.17) is 21.4 Å². The van der Waals surface area contributed by atoms with Crippen LogP contribution in [0.2, 0.25) is 5.02 Å². The summed E-state index contributed by atoms with van der Waals surface area (Å²) in [5.74, 6) is -0.396. The third-order valence-electron chi connectivity index (χ3n) is 4.66. The van der Waals surface area contributed by atoms with E-state index in [0.717, 1.165) is 16.9 Å². The van der Waals surface area contributed by atoms with Crippen LogP contribution in [0.15, 0.2) is 54.7 Å². The van der Waals surface area contributed by atoms with Crippen LogP contribution in [0.3, 0.4) is 0 Å². The first-order chi connectivity index (χ1) is 15.6. The Labute approximate surface area is 218 Å². The van der Waals surface area contributed by atoms with E-state index in [9.17, 15) is 9.59 Å². The minimum absolute atomic E-state index is 0. The summed E-state index contributed by atoms with van der Waals surface area (Å²) < 4.78 is 7.02. The first-order valence-electron chi connectivity index (χ1n) is 10.6. The number of aliphatic hydroxyl groups is 1. The summed E-state index contributed by atoms with van der Waals surface area (Å²) in [6.45, 7) is 5.32. The van der Waals surface area contributed by atoms with Crippen molar-refractivity contribution in [2.45, 2.75) is 45.3 Å². The van der Waals surface area contributed by atoms with E-state index < -0.39 is 23.6 Å². The van der Waals surface area contributed by atoms with E-state index in [2.05, 4.69) is 15.7 Å². The largest absolute Gasteiger partial charge is 0.593 e. The Morgan fingerprint density at radius 1 is 1.15 bits per heavy atom. The number of alkyl carbamates (subject to hydrolysis) is 1. The molecule has 2 aromatic carbocycles. The minimum Gasteiger partial charge on any atom is -0.593 e. The minimum atomic E-state index is -0.895. The van der Waals surface area contributed by atoms with Gasteiger partial charge in [0.05, 0.1) is 0 Å². The Bertz CT molecular complexity index is 1080. The van der Waals surface area contributed by atoms with Gasteiger partial charge in [-0.2, -0.15) is 0 Å². The topological polar surface area (TPSA) is 107 Å². The van der Waals surface area contributed by atoms with Gasteiger partial charge in [-0.3, -0.25) is 4.79 Å². The Kier molecular flexibility index (Phi) is 9.98. The smallest absolute Gasteiger partial charge is 0.408 e. The number of amides is 2. The second-order valence-electron chi connectivity index (χ2n) is 8.57. The van der Waals surface area contributed by atoms with Crippen molar-refractivity contribution in [1.82, 2.24) is 15.1 Å². The quantitative estimate of drug-likeness (QED) is 0.344. The second kappa shape index (κ2) is 12.2. The fraction of sp³-hybridized carbons (Fsp3) is 0.333. The number of rotatable bonds is 8. The van der Waals surface area contributed by atoms with Gasteiger partial charge in [-0.05, 0) is 69.3 Å². The molecule has 1 heterocycles. The first-order valence-corrected chi connectivity index (χ1v) is 11.0. The Balaban J connectivity index is 0.00000408. The molecule has 1 atom stereocenters. The SMILES string of the molecule is CC(C)(C)OC(=O)NC(Cc1ccccc1Cl)C(=O)Nc1ccc(-n2cc(CCO)[n-]2)cc1.[W]. The molecule has 0 spiro atoms. The summed E-state index contributed by atoms with van der Waals surface area (Å²) in [5.41, 5.74) is 2.26. The molecule has 0 radical (unpaired) electrons. The van der Waals surface area contributed by atoms with Crippen LogP contribution < -0.4 is 15.7 Å². The Morgan fingerprint density at radius 3 is 2.38 bits per heavy atom. The number of carbonyl (C=O) groups is 2. The average molecular weight is 656 g/mol. The number of anilines is 1. The number of carbonyl (C=O) groups excluding carboxylic acids is 2. The van der Waals surface area contributed by atoms with Crippen LogP contribution in [0, 0.1) is 0 Å². The Morgan fingerprint density at radius 2 is 1.79 bits per heavy atom. The van der Waals surface area contributed by atoms with Gasteiger partial charge >= 0.3 is 6.09 Å². The summed E-state index contributed by atoms with van der Waals surface area (Å²) >= 11 is 6.26. The van der Waals surface area contributed by atoms with Crippen molar-refractivity contribution in [2.24, 2.45) is 0 Å². The van der Waals surface area contributed by atoms with Crippen LogP contribution in [0.5, 0.6) is 0 Å². The number of hydrogen-bond donors (Lipinski definition) is 3. The van der Waals surface area contributed by atoms with Gasteiger partial charge in [0.15, 0.2) is 0 Å². The molecule has 2 amide bonds. The average Bonchev–Trinajstić information content (AvgIpc) is 2.71. The summed E-state index contributed by atoms with van der Waals surface area (Å²) in [6.07, 6.45) is 1.87. The van der Waals surface area contributed by atoms with Crippen molar-refractivity contribution in [2.75, 3.05) is 11.9 Å². The molecular weight excluding hydrogens is 628 g/mol. The standard InChI is InChI=1S/C24H28ClN4O4.W/c1-24(2,3)33-23(32)27-21(14-16-6-4-5-7-20(16)25)22(31)26-17-8-10-19(11-9-17)29-15-18(28-29)12-13-30;/h4-11,15,21,30H,12-14H2,1-3H3,(H,26,31)(H,27,32);/q-1;. The zero-order chi connectivity index (χ0) is 24.0. The molecule has 1 aromatic heterocycles. The van der Waals surface area contributed by atoms with Gasteiger partial charge in [0, 0.05) is 50.5 Å². The maximum Gasteiger partial charge on any atom is 0.408 e. The van der Waals surface area contributed by atoms with Gasteiger partial charge in [0.25, 0.3) is 0 Å². The number of nitrogens with one attached hydrogen (secondary N) is 2. The summed E-state index contributed by atoms with van der Waals surface area (Å²) in [7, 11) is 0. The van der Waals surface area contributed by atoms with Gasteiger partial charge in [0.1, 0.15) is 11.6 Å². The number of benzene rings is 2. The maximum atomic E-state index is 13.0. The van der Waals surface area contributed by atoms with E-state index in [-0.39, 0.29) is 34.1 Å². The first kappa shape index (κ1) is 27.7. The van der Waals surface area contributed by atoms with Crippen molar-refractivity contribution < 1.29 is 40.5 Å². The second-order valence-corrected chi connectivity index (χ2v) is 8.98. The fourth-order valence-electron chi connectivity index (χ4n) is 3.11. The molecule has 3 aromatic rings. The maximum absolute atomic E-state index is 13.0. The normalized spacial score (nSPS) is 11.9. The molecule has 0 aliphatic carbocycles. The van der Waals surface area contributed by atoms with Crippen LogP contribution in [0.25, 0.3) is 5.69 Å². The van der Waals surface area contributed by atoms with Crippen LogP contribution in [0.4, 0.5) is 10.5 Å². The third kappa shape index (κ3) is 8.04. The third-order valence-corrected chi connectivity index (χ3v) is 5.03. The molecule has 0 fully saturated rings. The summed E-state index contributed by atoms with van der Waals surface area (Å²) in [6, 6.07) is 13.4. The number of nitrogens with zero attached hydrogens (tertiary/aromatic N) is 2. The van der Waals surface area contributed by atoms with Gasteiger partial charge < -0.3 is 30.3 Å². The van der Waals surface area contributed by atoms with E-state index in [1.165, 1.54) is 0 Å². The molecule has 0 saturated heterocycles. The Hall–Kier alpha value is -2.54. The van der Waals surface area contributed by atoms with E-state index in [0.29, 0.717) is 17.1 Å². The van der Waals surface area contributed by atoms with E-state index >= 15 is 0 Å². The number of hydrogen-bond acceptors (Lipinski definition) is 4. The van der Waals surface area contributed by atoms with Gasteiger partial charge in [-0.25, -0.2) is 4.79 Å². The van der Waals surface area contributed by atoms with Crippen molar-refractivity contribution in [3.8, 4) is 5.69 Å². The van der Waals surface area contributed by atoms with Crippen molar-refractivity contribution in [3.63, 3.8) is 0 Å². The molecule has 3 N–H and O–H groups in total. The predicted octanol–water partition coefficient (Wildman–Crippen LogP) is 3.69. The van der Waals surface area contributed by atoms with Crippen molar-refractivity contribution in [3.05, 3.63) is 71.0 Å². The number of aromatic nitrogens is 2. The fourth-order valence-corrected chi connectivity index (χ4v) is 3.32. The predicted molar refractivity (Wildman–Crippen MR) is 127 cm³/mol. The molecule has 0 aliphatic rings. The van der Waals surface area contributed by atoms with Crippen molar-refractivity contribution >= 4 is 29.3 Å². The van der Waals surface area contributed by atoms with Crippen LogP contribution >= 0.6 is 11.6 Å². The van der Waals surface area contributed by atoms with Crippen LogP contribution in [0.1, 0.15) is 32.0 Å². The van der Waals surface area contributed by atoms with Gasteiger partial charge in [-0.1, -0.05) is 29.8 Å². The molecule has 0 aliphatic heterocycles. The van der Waals surface area contributed by atoms with Crippen molar-refractivity contribution in [1.29, 1.82) is 0 Å². The van der Waals surface area contributed by atoms with E-state index in [1.54, 1.807) is 49.7 Å². The zero-order valence-corrected chi connectivity index (χ0v) is 22.9. The molecule has 0 bridgehead atoms. The van der Waals surface area contributed by atoms with Crippen LogP contribution in [-0.4, -0.2) is 40.0 Å². The molecule has 1 unspecified atom stereocenters. The molecular formula is C24H28ClN4O4W-. The number of aliphatic hydroxyl groups excluding tert-OH is 1. The van der Waals surface area contributed by atoms with E-state index in [1.807, 2.05) is 30.5 Å². The number of ether oxygens (including phenoxy) is 1. The summed E-state index contributed by atoms with van der Waals surface area (Å²) in [4.78, 5) is 25.4. The van der Waals surface area contributed by atoms with Gasteiger partial charge in [-0.15, -0.1) is 5.69 Å². The molecule has 10 heteroatoms. The zero-order valence-electron chi connectivity index (χ0n) is 19.2. The molecule has 8 nitrogen and oxygen atoms in total. The summed E-state index contributed by atoms with van der Waals surface area (Å²) in [5, 5.41) is 19.2. The molecule has 182 valence electrons. The molecule has 0 saturated carbocycles. The molecule has 3 rings (SSSR count). The monoisotopic (exact) mass is 655 g/mol. The molecule has 34 heavy (non-hydrogen) atoms. The van der Waals surface area contributed by atoms with Crippen LogP contribution in [-0.2, 0) is 43.4 Å².